The molecule has 0 aliphatic heterocycles. The summed E-state index contributed by atoms with van der Waals surface area (Å²) in [6, 6.07) is 8.77. The van der Waals surface area contributed by atoms with Gasteiger partial charge in [0.25, 0.3) is 0 Å². The van der Waals surface area contributed by atoms with Crippen molar-refractivity contribution in [2.24, 2.45) is 11.8 Å². The first kappa shape index (κ1) is 17.7. The van der Waals surface area contributed by atoms with Crippen LogP contribution in [0.5, 0.6) is 0 Å². The van der Waals surface area contributed by atoms with Gasteiger partial charge in [0, 0.05) is 10.0 Å². The highest BCUT2D eigenvalue weighted by atomic mass is 79.9. The van der Waals surface area contributed by atoms with Gasteiger partial charge in [-0.15, -0.1) is 0 Å². The molecule has 0 heterocycles. The van der Waals surface area contributed by atoms with Crippen LogP contribution in [0.15, 0.2) is 28.7 Å². The van der Waals surface area contributed by atoms with Gasteiger partial charge in [0.1, 0.15) is 0 Å². The molecule has 0 aromatic heterocycles. The predicted octanol–water partition coefficient (Wildman–Crippen LogP) is 5.43. The Bertz CT molecular complexity index is 375. The summed E-state index contributed by atoms with van der Waals surface area (Å²) < 4.78 is 1.16. The normalized spacial score (nSPS) is 13.8. The van der Waals surface area contributed by atoms with Gasteiger partial charge in [-0.2, -0.15) is 0 Å². The Morgan fingerprint density at radius 1 is 1.05 bits per heavy atom. The van der Waals surface area contributed by atoms with Crippen molar-refractivity contribution in [1.82, 2.24) is 5.32 Å². The molecular formula is C18H30BrN. The second-order valence-electron chi connectivity index (χ2n) is 7.30. The minimum Gasteiger partial charge on any atom is -0.312 e. The summed E-state index contributed by atoms with van der Waals surface area (Å²) in [5.74, 6) is 1.51. The molecule has 1 unspecified atom stereocenters. The van der Waals surface area contributed by atoms with Gasteiger partial charge in [0.05, 0.1) is 0 Å². The minimum absolute atomic E-state index is 0.204. The fraction of sp³-hybridized carbons (Fsp3) is 0.667. The van der Waals surface area contributed by atoms with Gasteiger partial charge >= 0.3 is 0 Å². The first-order valence-electron chi connectivity index (χ1n) is 7.76. The molecule has 0 aliphatic rings. The van der Waals surface area contributed by atoms with Crippen molar-refractivity contribution in [3.8, 4) is 0 Å². The van der Waals surface area contributed by atoms with E-state index in [1.54, 1.807) is 0 Å². The van der Waals surface area contributed by atoms with Crippen LogP contribution in [-0.4, -0.2) is 12.1 Å². The average Bonchev–Trinajstić information content (AvgIpc) is 2.34. The minimum atomic E-state index is 0.204. The molecule has 2 heteroatoms. The first-order valence-corrected chi connectivity index (χ1v) is 8.55. The zero-order valence-corrected chi connectivity index (χ0v) is 15.3. The van der Waals surface area contributed by atoms with Crippen LogP contribution in [0.2, 0.25) is 0 Å². The maximum absolute atomic E-state index is 3.67. The molecule has 1 N–H and O–H groups in total. The molecule has 0 radical (unpaired) electrons. The van der Waals surface area contributed by atoms with Gasteiger partial charge in [-0.1, -0.05) is 48.3 Å². The van der Waals surface area contributed by atoms with Gasteiger partial charge < -0.3 is 5.32 Å². The Labute approximate surface area is 133 Å². The van der Waals surface area contributed by atoms with Crippen molar-refractivity contribution in [2.45, 2.75) is 59.4 Å². The van der Waals surface area contributed by atoms with Crippen molar-refractivity contribution >= 4 is 15.9 Å². The van der Waals surface area contributed by atoms with Gasteiger partial charge in [0.15, 0.2) is 0 Å². The number of hydrogen-bond acceptors (Lipinski definition) is 1. The highest BCUT2D eigenvalue weighted by molar-refractivity contribution is 9.10. The van der Waals surface area contributed by atoms with E-state index in [0.29, 0.717) is 0 Å². The molecular weight excluding hydrogens is 310 g/mol. The van der Waals surface area contributed by atoms with Gasteiger partial charge in [0.2, 0.25) is 0 Å². The van der Waals surface area contributed by atoms with Crippen molar-refractivity contribution < 1.29 is 0 Å². The third-order valence-corrected chi connectivity index (χ3v) is 4.04. The molecule has 1 atom stereocenters. The van der Waals surface area contributed by atoms with E-state index in [4.69, 9.17) is 0 Å². The SMILES string of the molecule is CC(C)CCC(CNC(C)(C)C)Cc1ccc(Br)cc1. The van der Waals surface area contributed by atoms with Crippen LogP contribution < -0.4 is 5.32 Å². The Balaban J connectivity index is 2.58. The number of halogens is 1. The van der Waals surface area contributed by atoms with Crippen molar-refractivity contribution in [3.63, 3.8) is 0 Å². The Kier molecular flexibility index (Phi) is 7.25. The molecule has 0 aliphatic carbocycles. The zero-order chi connectivity index (χ0) is 15.2. The fourth-order valence-corrected chi connectivity index (χ4v) is 2.51. The highest BCUT2D eigenvalue weighted by Crippen LogP contribution is 2.19. The third-order valence-electron chi connectivity index (χ3n) is 3.51. The number of rotatable bonds is 7. The summed E-state index contributed by atoms with van der Waals surface area (Å²) in [5, 5.41) is 3.67. The topological polar surface area (TPSA) is 12.0 Å². The quantitative estimate of drug-likeness (QED) is 0.698. The van der Waals surface area contributed by atoms with Crippen molar-refractivity contribution in [2.75, 3.05) is 6.54 Å². The molecule has 1 nitrogen and oxygen atoms in total. The second kappa shape index (κ2) is 8.19. The summed E-state index contributed by atoms with van der Waals surface area (Å²) in [5.41, 5.74) is 1.65. The first-order chi connectivity index (χ1) is 9.26. The monoisotopic (exact) mass is 339 g/mol. The molecule has 0 saturated carbocycles. The summed E-state index contributed by atoms with van der Waals surface area (Å²) in [6.45, 7) is 12.5. The molecule has 0 spiro atoms. The molecule has 0 amide bonds. The molecule has 1 aromatic rings. The van der Waals surface area contributed by atoms with Crippen LogP contribution >= 0.6 is 15.9 Å². The Morgan fingerprint density at radius 3 is 2.15 bits per heavy atom. The van der Waals surface area contributed by atoms with Crippen molar-refractivity contribution in [3.05, 3.63) is 34.3 Å². The molecule has 0 bridgehead atoms. The maximum Gasteiger partial charge on any atom is 0.0175 e. The lowest BCUT2D eigenvalue weighted by Crippen LogP contribution is -2.39. The smallest absolute Gasteiger partial charge is 0.0175 e. The molecule has 114 valence electrons. The van der Waals surface area contributed by atoms with Crippen LogP contribution in [-0.2, 0) is 6.42 Å². The van der Waals surface area contributed by atoms with E-state index in [2.05, 4.69) is 80.1 Å². The lowest BCUT2D eigenvalue weighted by atomic mass is 9.91. The third kappa shape index (κ3) is 8.06. The van der Waals surface area contributed by atoms with E-state index < -0.39 is 0 Å². The van der Waals surface area contributed by atoms with Crippen molar-refractivity contribution in [1.29, 1.82) is 0 Å². The van der Waals surface area contributed by atoms with E-state index in [1.807, 2.05) is 0 Å². The summed E-state index contributed by atoms with van der Waals surface area (Å²) in [6.07, 6.45) is 3.78. The molecule has 0 saturated heterocycles. The van der Waals surface area contributed by atoms with E-state index >= 15 is 0 Å². The highest BCUT2D eigenvalue weighted by Gasteiger charge is 2.15. The van der Waals surface area contributed by atoms with Gasteiger partial charge in [-0.3, -0.25) is 0 Å². The van der Waals surface area contributed by atoms with Crippen LogP contribution in [0.1, 0.15) is 53.0 Å². The number of hydrogen-bond donors (Lipinski definition) is 1. The molecule has 1 aromatic carbocycles. The van der Waals surface area contributed by atoms with E-state index in [0.717, 1.165) is 22.9 Å². The van der Waals surface area contributed by atoms with E-state index in [-0.39, 0.29) is 5.54 Å². The number of benzene rings is 1. The van der Waals surface area contributed by atoms with Crippen LogP contribution in [0.3, 0.4) is 0 Å². The van der Waals surface area contributed by atoms with E-state index in [9.17, 15) is 0 Å². The van der Waals surface area contributed by atoms with Crippen LogP contribution in [0.25, 0.3) is 0 Å². The molecule has 1 rings (SSSR count). The number of nitrogens with one attached hydrogen (secondary N) is 1. The van der Waals surface area contributed by atoms with E-state index in [1.165, 1.54) is 24.8 Å². The average molecular weight is 340 g/mol. The Morgan fingerprint density at radius 2 is 1.65 bits per heavy atom. The Hall–Kier alpha value is -0.340. The largest absolute Gasteiger partial charge is 0.312 e. The lowest BCUT2D eigenvalue weighted by Gasteiger charge is -2.26. The lowest BCUT2D eigenvalue weighted by molar-refractivity contribution is 0.340. The zero-order valence-electron chi connectivity index (χ0n) is 13.7. The molecule has 20 heavy (non-hydrogen) atoms. The van der Waals surface area contributed by atoms with Crippen LogP contribution in [0, 0.1) is 11.8 Å². The second-order valence-corrected chi connectivity index (χ2v) is 8.21. The summed E-state index contributed by atoms with van der Waals surface area (Å²) in [4.78, 5) is 0. The van der Waals surface area contributed by atoms with Crippen LogP contribution in [0.4, 0.5) is 0 Å². The predicted molar refractivity (Wildman–Crippen MR) is 93.2 cm³/mol. The summed E-state index contributed by atoms with van der Waals surface area (Å²) in [7, 11) is 0. The maximum atomic E-state index is 3.67. The molecule has 0 fully saturated rings. The van der Waals surface area contributed by atoms with Gasteiger partial charge in [-0.05, 0) is 69.7 Å². The fourth-order valence-electron chi connectivity index (χ4n) is 2.25. The standard InChI is InChI=1S/C18H30BrN/c1-14(2)6-7-16(13-20-18(3,4)5)12-15-8-10-17(19)11-9-15/h8-11,14,16,20H,6-7,12-13H2,1-5H3. The van der Waals surface area contributed by atoms with Gasteiger partial charge in [-0.25, -0.2) is 0 Å². The summed E-state index contributed by atoms with van der Waals surface area (Å²) >= 11 is 3.51.